The molecule has 84 valence electrons. The van der Waals surface area contributed by atoms with Gasteiger partial charge < -0.3 is 9.84 Å². The number of rotatable bonds is 2. The van der Waals surface area contributed by atoms with Crippen LogP contribution in [-0.2, 0) is 0 Å². The molecule has 0 saturated carbocycles. The molecular formula is C11H10FNO2S. The zero-order valence-corrected chi connectivity index (χ0v) is 9.64. The number of ether oxygens (including phenoxy) is 1. The maximum absolute atomic E-state index is 13.4. The molecule has 2 aromatic rings. The second kappa shape index (κ2) is 4.09. The van der Waals surface area contributed by atoms with Gasteiger partial charge >= 0.3 is 0 Å². The van der Waals surface area contributed by atoms with Crippen LogP contribution in [0.2, 0.25) is 0 Å². The van der Waals surface area contributed by atoms with E-state index in [2.05, 4.69) is 4.98 Å². The predicted molar refractivity (Wildman–Crippen MR) is 60.5 cm³/mol. The summed E-state index contributed by atoms with van der Waals surface area (Å²) < 4.78 is 18.3. The van der Waals surface area contributed by atoms with Gasteiger partial charge in [0.25, 0.3) is 0 Å². The van der Waals surface area contributed by atoms with Crippen LogP contribution in [0, 0.1) is 12.7 Å². The van der Waals surface area contributed by atoms with Crippen LogP contribution in [0.1, 0.15) is 5.69 Å². The molecule has 0 atom stereocenters. The highest BCUT2D eigenvalue weighted by Crippen LogP contribution is 2.33. The van der Waals surface area contributed by atoms with Crippen LogP contribution in [0.25, 0.3) is 10.6 Å². The molecule has 3 nitrogen and oxygen atoms in total. The van der Waals surface area contributed by atoms with Crippen LogP contribution in [0.3, 0.4) is 0 Å². The summed E-state index contributed by atoms with van der Waals surface area (Å²) in [5.74, 6) is -0.242. The van der Waals surface area contributed by atoms with E-state index >= 15 is 0 Å². The first-order valence-corrected chi connectivity index (χ1v) is 5.43. The van der Waals surface area contributed by atoms with Crippen LogP contribution in [0.4, 0.5) is 4.39 Å². The third-order valence-corrected chi connectivity index (χ3v) is 3.18. The molecule has 0 unspecified atom stereocenters. The van der Waals surface area contributed by atoms with Crippen molar-refractivity contribution in [2.24, 2.45) is 0 Å². The lowest BCUT2D eigenvalue weighted by Crippen LogP contribution is -1.88. The van der Waals surface area contributed by atoms with E-state index in [9.17, 15) is 9.50 Å². The molecule has 16 heavy (non-hydrogen) atoms. The average Bonchev–Trinajstić information content (AvgIpc) is 2.59. The molecule has 0 aliphatic heterocycles. The van der Waals surface area contributed by atoms with Gasteiger partial charge in [0.05, 0.1) is 12.8 Å². The van der Waals surface area contributed by atoms with Gasteiger partial charge in [0, 0.05) is 5.56 Å². The molecule has 0 fully saturated rings. The number of halogens is 1. The number of benzene rings is 1. The summed E-state index contributed by atoms with van der Waals surface area (Å²) in [6, 6.07) is 4.59. The number of hydrogen-bond acceptors (Lipinski definition) is 4. The number of thiazole rings is 1. The summed E-state index contributed by atoms with van der Waals surface area (Å²) in [6.45, 7) is 1.70. The summed E-state index contributed by atoms with van der Waals surface area (Å²) in [5.41, 5.74) is 1.18. The summed E-state index contributed by atoms with van der Waals surface area (Å²) in [7, 11) is 1.41. The second-order valence-corrected chi connectivity index (χ2v) is 4.24. The van der Waals surface area contributed by atoms with Crippen molar-refractivity contribution in [1.29, 1.82) is 0 Å². The Morgan fingerprint density at radius 1 is 1.44 bits per heavy atom. The van der Waals surface area contributed by atoms with E-state index in [4.69, 9.17) is 4.74 Å². The first-order valence-electron chi connectivity index (χ1n) is 4.62. The van der Waals surface area contributed by atoms with Crippen molar-refractivity contribution >= 4 is 11.3 Å². The second-order valence-electron chi connectivity index (χ2n) is 3.26. The van der Waals surface area contributed by atoms with Crippen LogP contribution in [0.15, 0.2) is 18.2 Å². The molecule has 0 radical (unpaired) electrons. The van der Waals surface area contributed by atoms with Crippen molar-refractivity contribution in [3.05, 3.63) is 29.7 Å². The molecule has 1 N–H and O–H groups in total. The molecule has 1 heterocycles. The third kappa shape index (κ3) is 1.86. The van der Waals surface area contributed by atoms with E-state index in [1.807, 2.05) is 0 Å². The number of hydrogen-bond donors (Lipinski definition) is 1. The number of methoxy groups -OCH3 is 1. The quantitative estimate of drug-likeness (QED) is 0.876. The molecule has 1 aromatic carbocycles. The van der Waals surface area contributed by atoms with Crippen molar-refractivity contribution in [2.45, 2.75) is 6.92 Å². The summed E-state index contributed by atoms with van der Waals surface area (Å²) in [5, 5.41) is 10.2. The number of aromatic hydroxyl groups is 1. The largest absolute Gasteiger partial charge is 0.498 e. The maximum atomic E-state index is 13.4. The van der Waals surface area contributed by atoms with E-state index in [1.165, 1.54) is 13.2 Å². The lowest BCUT2D eigenvalue weighted by Gasteiger charge is -2.02. The predicted octanol–water partition coefficient (Wildman–Crippen LogP) is 2.97. The molecule has 0 spiro atoms. The first-order chi connectivity index (χ1) is 7.61. The van der Waals surface area contributed by atoms with Gasteiger partial charge in [-0.25, -0.2) is 9.37 Å². The lowest BCUT2D eigenvalue weighted by atomic mass is 10.2. The van der Waals surface area contributed by atoms with Gasteiger partial charge in [-0.3, -0.25) is 0 Å². The number of aryl methyl sites for hydroxylation is 1. The molecule has 5 heteroatoms. The van der Waals surface area contributed by atoms with Gasteiger partial charge in [-0.05, 0) is 25.1 Å². The topological polar surface area (TPSA) is 42.4 Å². The fourth-order valence-electron chi connectivity index (χ4n) is 1.31. The monoisotopic (exact) mass is 239 g/mol. The molecule has 0 saturated heterocycles. The van der Waals surface area contributed by atoms with Crippen molar-refractivity contribution in [3.8, 4) is 21.4 Å². The average molecular weight is 239 g/mol. The number of aromatic nitrogens is 1. The van der Waals surface area contributed by atoms with Crippen molar-refractivity contribution in [1.82, 2.24) is 4.98 Å². The number of nitrogens with zero attached hydrogens (tertiary/aromatic N) is 1. The molecule has 2 rings (SSSR count). The Labute approximate surface area is 96.2 Å². The van der Waals surface area contributed by atoms with E-state index in [-0.39, 0.29) is 10.8 Å². The van der Waals surface area contributed by atoms with E-state index in [1.54, 1.807) is 19.1 Å². The zero-order valence-electron chi connectivity index (χ0n) is 8.82. The van der Waals surface area contributed by atoms with E-state index in [0.29, 0.717) is 16.3 Å². The summed E-state index contributed by atoms with van der Waals surface area (Å²) in [4.78, 5) is 4.14. The van der Waals surface area contributed by atoms with Crippen LogP contribution in [0.5, 0.6) is 10.8 Å². The highest BCUT2D eigenvalue weighted by Gasteiger charge is 2.10. The Morgan fingerprint density at radius 2 is 2.19 bits per heavy atom. The Morgan fingerprint density at radius 3 is 2.69 bits per heavy atom. The van der Waals surface area contributed by atoms with Gasteiger partial charge in [0.2, 0.25) is 0 Å². The normalized spacial score (nSPS) is 10.4. The van der Waals surface area contributed by atoms with Crippen molar-refractivity contribution in [3.63, 3.8) is 0 Å². The Balaban J connectivity index is 2.45. The highest BCUT2D eigenvalue weighted by atomic mass is 32.1. The minimum absolute atomic E-state index is 0.159. The maximum Gasteiger partial charge on any atom is 0.195 e. The smallest absolute Gasteiger partial charge is 0.195 e. The van der Waals surface area contributed by atoms with Crippen LogP contribution >= 0.6 is 11.3 Å². The van der Waals surface area contributed by atoms with E-state index < -0.39 is 5.82 Å². The minimum atomic E-state index is -0.438. The lowest BCUT2D eigenvalue weighted by molar-refractivity contribution is 0.386. The minimum Gasteiger partial charge on any atom is -0.498 e. The fourth-order valence-corrected chi connectivity index (χ4v) is 2.12. The van der Waals surface area contributed by atoms with Gasteiger partial charge in [-0.15, -0.1) is 0 Å². The first kappa shape index (κ1) is 10.9. The van der Waals surface area contributed by atoms with Gasteiger partial charge in [-0.2, -0.15) is 0 Å². The third-order valence-electron chi connectivity index (χ3n) is 2.17. The SMILES string of the molecule is COc1ccc(-c2nc(C)c(O)s2)cc1F. The zero-order chi connectivity index (χ0) is 11.7. The van der Waals surface area contributed by atoms with Crippen molar-refractivity contribution < 1.29 is 14.2 Å². The molecular weight excluding hydrogens is 229 g/mol. The van der Waals surface area contributed by atoms with E-state index in [0.717, 1.165) is 11.3 Å². The van der Waals surface area contributed by atoms with Gasteiger partial charge in [-0.1, -0.05) is 11.3 Å². The van der Waals surface area contributed by atoms with Gasteiger partial charge in [0.1, 0.15) is 5.01 Å². The molecule has 0 aliphatic carbocycles. The standard InChI is InChI=1S/C11H10FNO2S/c1-6-11(14)16-10(13-6)7-3-4-9(15-2)8(12)5-7/h3-5,14H,1-2H3. The summed E-state index contributed by atoms with van der Waals surface area (Å²) in [6.07, 6.45) is 0. The molecule has 0 bridgehead atoms. The Bertz CT molecular complexity index is 505. The molecule has 0 amide bonds. The fraction of sp³-hybridized carbons (Fsp3) is 0.182. The highest BCUT2D eigenvalue weighted by molar-refractivity contribution is 7.16. The Kier molecular flexibility index (Phi) is 2.78. The van der Waals surface area contributed by atoms with Crippen LogP contribution in [-0.4, -0.2) is 17.2 Å². The Hall–Kier alpha value is -1.62. The summed E-state index contributed by atoms with van der Waals surface area (Å²) >= 11 is 1.13. The van der Waals surface area contributed by atoms with Gasteiger partial charge in [0.15, 0.2) is 16.6 Å². The van der Waals surface area contributed by atoms with Crippen LogP contribution < -0.4 is 4.74 Å². The molecule has 0 aliphatic rings. The molecule has 1 aromatic heterocycles. The van der Waals surface area contributed by atoms with Crippen molar-refractivity contribution in [2.75, 3.05) is 7.11 Å².